The highest BCUT2D eigenvalue weighted by atomic mass is 14.2. The van der Waals surface area contributed by atoms with Crippen LogP contribution >= 0.6 is 0 Å². The van der Waals surface area contributed by atoms with E-state index in [0.29, 0.717) is 0 Å². The Morgan fingerprint density at radius 2 is 0.829 bits per heavy atom. The summed E-state index contributed by atoms with van der Waals surface area (Å²) in [6, 6.07) is 46.7. The molecule has 0 atom stereocenters. The second-order valence-electron chi connectivity index (χ2n) is 9.43. The van der Waals surface area contributed by atoms with Gasteiger partial charge in [0.2, 0.25) is 0 Å². The van der Waals surface area contributed by atoms with E-state index >= 15 is 0 Å². The van der Waals surface area contributed by atoms with E-state index in [-0.39, 0.29) is 0 Å². The SMILES string of the molecule is Cc1cccc(-c2c3ccccc3c(-c3ccc4ccc5ccccc5c4c3)c3ccccc23)c1. The molecule has 35 heavy (non-hydrogen) atoms. The summed E-state index contributed by atoms with van der Waals surface area (Å²) in [5.41, 5.74) is 6.43. The normalized spacial score (nSPS) is 11.6. The van der Waals surface area contributed by atoms with Gasteiger partial charge in [0.05, 0.1) is 0 Å². The quantitative estimate of drug-likeness (QED) is 0.184. The van der Waals surface area contributed by atoms with Gasteiger partial charge in [-0.2, -0.15) is 0 Å². The van der Waals surface area contributed by atoms with Crippen molar-refractivity contribution < 1.29 is 0 Å². The highest BCUT2D eigenvalue weighted by Gasteiger charge is 2.16. The summed E-state index contributed by atoms with van der Waals surface area (Å²) in [5, 5.41) is 10.3. The maximum atomic E-state index is 2.39. The Labute approximate surface area is 205 Å². The van der Waals surface area contributed by atoms with E-state index in [2.05, 4.69) is 134 Å². The maximum absolute atomic E-state index is 2.39. The van der Waals surface area contributed by atoms with E-state index < -0.39 is 0 Å². The molecule has 0 fully saturated rings. The molecule has 164 valence electrons. The lowest BCUT2D eigenvalue weighted by molar-refractivity contribution is 1.47. The van der Waals surface area contributed by atoms with E-state index in [1.54, 1.807) is 0 Å². The third-order valence-electron chi connectivity index (χ3n) is 7.27. The summed E-state index contributed by atoms with van der Waals surface area (Å²) in [7, 11) is 0. The second-order valence-corrected chi connectivity index (χ2v) is 9.43. The van der Waals surface area contributed by atoms with Gasteiger partial charge in [0.25, 0.3) is 0 Å². The molecule has 0 aliphatic heterocycles. The highest BCUT2D eigenvalue weighted by Crippen LogP contribution is 2.44. The van der Waals surface area contributed by atoms with Crippen LogP contribution in [0.3, 0.4) is 0 Å². The van der Waals surface area contributed by atoms with Crippen molar-refractivity contribution in [2.24, 2.45) is 0 Å². The summed E-state index contributed by atoms with van der Waals surface area (Å²) >= 11 is 0. The zero-order valence-corrected chi connectivity index (χ0v) is 19.6. The van der Waals surface area contributed by atoms with Gasteiger partial charge >= 0.3 is 0 Å². The van der Waals surface area contributed by atoms with Gasteiger partial charge in [0, 0.05) is 0 Å². The highest BCUT2D eigenvalue weighted by molar-refractivity contribution is 6.22. The summed E-state index contributed by atoms with van der Waals surface area (Å²) < 4.78 is 0. The van der Waals surface area contributed by atoms with Crippen LogP contribution in [0.2, 0.25) is 0 Å². The van der Waals surface area contributed by atoms with Crippen molar-refractivity contribution >= 4 is 43.1 Å². The van der Waals surface area contributed by atoms with Crippen LogP contribution < -0.4 is 0 Å². The van der Waals surface area contributed by atoms with Gasteiger partial charge in [0.15, 0.2) is 0 Å². The van der Waals surface area contributed by atoms with Crippen LogP contribution in [-0.4, -0.2) is 0 Å². The molecule has 0 nitrogen and oxygen atoms in total. The van der Waals surface area contributed by atoms with E-state index in [4.69, 9.17) is 0 Å². The summed E-state index contributed by atoms with van der Waals surface area (Å²) in [6.07, 6.45) is 0. The van der Waals surface area contributed by atoms with Crippen LogP contribution in [-0.2, 0) is 0 Å². The number of rotatable bonds is 2. The molecule has 0 spiro atoms. The van der Waals surface area contributed by atoms with Crippen LogP contribution in [0, 0.1) is 6.92 Å². The lowest BCUT2D eigenvalue weighted by Gasteiger charge is -2.18. The fourth-order valence-electron chi connectivity index (χ4n) is 5.71. The topological polar surface area (TPSA) is 0 Å². The molecule has 0 bridgehead atoms. The predicted molar refractivity (Wildman–Crippen MR) is 152 cm³/mol. The minimum atomic E-state index is 1.26. The Morgan fingerprint density at radius 1 is 0.343 bits per heavy atom. The van der Waals surface area contributed by atoms with E-state index in [9.17, 15) is 0 Å². The minimum Gasteiger partial charge on any atom is -0.0616 e. The molecule has 7 rings (SSSR count). The number of fused-ring (bicyclic) bond motifs is 5. The molecular weight excluding hydrogens is 420 g/mol. The predicted octanol–water partition coefficient (Wildman–Crippen LogP) is 9.94. The van der Waals surface area contributed by atoms with Crippen molar-refractivity contribution in [1.82, 2.24) is 0 Å². The molecule has 0 aromatic heterocycles. The Balaban J connectivity index is 1.63. The Morgan fingerprint density at radius 3 is 1.43 bits per heavy atom. The molecule has 0 saturated heterocycles. The number of benzene rings is 7. The van der Waals surface area contributed by atoms with Crippen LogP contribution in [0.4, 0.5) is 0 Å². The zero-order chi connectivity index (χ0) is 23.4. The van der Waals surface area contributed by atoms with Crippen LogP contribution in [0.25, 0.3) is 65.3 Å². The third-order valence-corrected chi connectivity index (χ3v) is 7.27. The van der Waals surface area contributed by atoms with Crippen molar-refractivity contribution in [3.8, 4) is 22.3 Å². The smallest absolute Gasteiger partial charge is 0.00261 e. The molecule has 0 unspecified atom stereocenters. The van der Waals surface area contributed by atoms with Crippen LogP contribution in [0.5, 0.6) is 0 Å². The number of hydrogen-bond donors (Lipinski definition) is 0. The molecule has 0 saturated carbocycles. The number of aryl methyl sites for hydroxylation is 1. The summed E-state index contributed by atoms with van der Waals surface area (Å²) in [4.78, 5) is 0. The standard InChI is InChI=1S/C35H24/c1-23-9-8-11-26(21-23)34-29-13-4-6-15-31(29)35(32-16-7-5-14-30(32)34)27-20-19-25-18-17-24-10-2-3-12-28(24)33(25)22-27/h2-22H,1H3. The zero-order valence-electron chi connectivity index (χ0n) is 19.6. The molecule has 0 radical (unpaired) electrons. The van der Waals surface area contributed by atoms with Gasteiger partial charge in [-0.05, 0) is 78.3 Å². The fraction of sp³-hybridized carbons (Fsp3) is 0.0286. The van der Waals surface area contributed by atoms with E-state index in [1.807, 2.05) is 0 Å². The molecule has 0 amide bonds. The first-order valence-electron chi connectivity index (χ1n) is 12.2. The molecule has 0 N–H and O–H groups in total. The van der Waals surface area contributed by atoms with Gasteiger partial charge in [-0.1, -0.05) is 127 Å². The maximum Gasteiger partial charge on any atom is -0.00261 e. The van der Waals surface area contributed by atoms with Gasteiger partial charge < -0.3 is 0 Å². The van der Waals surface area contributed by atoms with Crippen LogP contribution in [0.15, 0.2) is 127 Å². The molecule has 7 aromatic rings. The lowest BCUT2D eigenvalue weighted by atomic mass is 9.85. The molecule has 0 aliphatic rings. The number of hydrogen-bond acceptors (Lipinski definition) is 0. The lowest BCUT2D eigenvalue weighted by Crippen LogP contribution is -1.91. The third kappa shape index (κ3) is 3.15. The Bertz CT molecular complexity index is 1850. The van der Waals surface area contributed by atoms with Crippen molar-refractivity contribution in [3.63, 3.8) is 0 Å². The van der Waals surface area contributed by atoms with E-state index in [0.717, 1.165) is 0 Å². The van der Waals surface area contributed by atoms with Gasteiger partial charge in [-0.3, -0.25) is 0 Å². The van der Waals surface area contributed by atoms with Crippen molar-refractivity contribution in [3.05, 3.63) is 133 Å². The second kappa shape index (κ2) is 7.82. The summed E-state index contributed by atoms with van der Waals surface area (Å²) in [5.74, 6) is 0. The summed E-state index contributed by atoms with van der Waals surface area (Å²) in [6.45, 7) is 2.17. The monoisotopic (exact) mass is 444 g/mol. The van der Waals surface area contributed by atoms with Crippen LogP contribution in [0.1, 0.15) is 5.56 Å². The van der Waals surface area contributed by atoms with Gasteiger partial charge in [-0.15, -0.1) is 0 Å². The Kier molecular flexibility index (Phi) is 4.47. The Hall–Kier alpha value is -4.42. The van der Waals surface area contributed by atoms with Gasteiger partial charge in [0.1, 0.15) is 0 Å². The first kappa shape index (κ1) is 20.0. The van der Waals surface area contributed by atoms with Crippen molar-refractivity contribution in [1.29, 1.82) is 0 Å². The minimum absolute atomic E-state index is 1.26. The first-order chi connectivity index (χ1) is 17.3. The van der Waals surface area contributed by atoms with Crippen molar-refractivity contribution in [2.45, 2.75) is 6.92 Å². The first-order valence-corrected chi connectivity index (χ1v) is 12.2. The molecule has 0 heteroatoms. The largest absolute Gasteiger partial charge is 0.0616 e. The molecule has 0 aliphatic carbocycles. The van der Waals surface area contributed by atoms with E-state index in [1.165, 1.54) is 70.9 Å². The molecule has 0 heterocycles. The average molecular weight is 445 g/mol. The van der Waals surface area contributed by atoms with Gasteiger partial charge in [-0.25, -0.2) is 0 Å². The fourth-order valence-corrected chi connectivity index (χ4v) is 5.71. The average Bonchev–Trinajstić information content (AvgIpc) is 2.91. The van der Waals surface area contributed by atoms with Crippen molar-refractivity contribution in [2.75, 3.05) is 0 Å². The molecular formula is C35H24. The molecule has 7 aromatic carbocycles.